The number of nitrogens with zero attached hydrogens (tertiary/aromatic N) is 2. The Bertz CT molecular complexity index is 699. The maximum absolute atomic E-state index is 12.7. The molecule has 8 heteroatoms. The monoisotopic (exact) mass is 327 g/mol. The lowest BCUT2D eigenvalue weighted by molar-refractivity contribution is 0.329. The van der Waals surface area contributed by atoms with Gasteiger partial charge in [-0.1, -0.05) is 0 Å². The molecule has 1 aromatic heterocycles. The zero-order valence-electron chi connectivity index (χ0n) is 11.8. The average molecular weight is 327 g/mol. The van der Waals surface area contributed by atoms with Crippen LogP contribution in [0.2, 0.25) is 0 Å². The van der Waals surface area contributed by atoms with Crippen LogP contribution in [0.5, 0.6) is 5.75 Å². The number of nitrogens with two attached hydrogens (primary N) is 1. The maximum Gasteiger partial charge on any atom is 0.246 e. The molecule has 114 valence electrons. The molecule has 2 rings (SSSR count). The van der Waals surface area contributed by atoms with Crippen LogP contribution < -0.4 is 10.5 Å². The first kappa shape index (κ1) is 15.7. The number of ether oxygens (including phenoxy) is 1. The summed E-state index contributed by atoms with van der Waals surface area (Å²) < 4.78 is 32.0. The standard InChI is InChI=1S/C13H17N3O3S2/c1-3-19-12-5-4-10(14)6-13(12)21(17,18)16(2)7-11-8-20-9-15-11/h4-6,8-9H,3,7,14H2,1-2H3. The van der Waals surface area contributed by atoms with Gasteiger partial charge in [0.05, 0.1) is 24.4 Å². The maximum atomic E-state index is 12.7. The zero-order chi connectivity index (χ0) is 15.5. The van der Waals surface area contributed by atoms with E-state index in [1.165, 1.54) is 28.8 Å². The number of thiazole rings is 1. The second-order valence-electron chi connectivity index (χ2n) is 4.38. The number of aromatic nitrogens is 1. The summed E-state index contributed by atoms with van der Waals surface area (Å²) in [5.41, 5.74) is 8.45. The molecule has 21 heavy (non-hydrogen) atoms. The molecule has 0 aliphatic rings. The molecule has 0 atom stereocenters. The molecule has 0 spiro atoms. The van der Waals surface area contributed by atoms with Gasteiger partial charge in [-0.2, -0.15) is 4.31 Å². The Morgan fingerprint density at radius 3 is 2.81 bits per heavy atom. The fourth-order valence-electron chi connectivity index (χ4n) is 1.80. The highest BCUT2D eigenvalue weighted by molar-refractivity contribution is 7.89. The first-order valence-corrected chi connectivity index (χ1v) is 8.69. The van der Waals surface area contributed by atoms with Gasteiger partial charge in [0.1, 0.15) is 10.6 Å². The topological polar surface area (TPSA) is 85.5 Å². The van der Waals surface area contributed by atoms with Gasteiger partial charge in [-0.05, 0) is 25.1 Å². The van der Waals surface area contributed by atoms with Gasteiger partial charge in [-0.15, -0.1) is 11.3 Å². The Hall–Kier alpha value is -1.64. The van der Waals surface area contributed by atoms with Crippen LogP contribution >= 0.6 is 11.3 Å². The van der Waals surface area contributed by atoms with Crippen molar-refractivity contribution < 1.29 is 13.2 Å². The Morgan fingerprint density at radius 2 is 2.19 bits per heavy atom. The molecule has 0 fully saturated rings. The lowest BCUT2D eigenvalue weighted by atomic mass is 10.3. The lowest BCUT2D eigenvalue weighted by Crippen LogP contribution is -2.27. The number of hydrogen-bond donors (Lipinski definition) is 1. The van der Waals surface area contributed by atoms with E-state index in [-0.39, 0.29) is 11.4 Å². The van der Waals surface area contributed by atoms with Gasteiger partial charge in [0.25, 0.3) is 0 Å². The van der Waals surface area contributed by atoms with Crippen LogP contribution in [0.4, 0.5) is 5.69 Å². The average Bonchev–Trinajstić information content (AvgIpc) is 2.93. The number of hydrogen-bond acceptors (Lipinski definition) is 6. The molecule has 0 saturated heterocycles. The highest BCUT2D eigenvalue weighted by atomic mass is 32.2. The van der Waals surface area contributed by atoms with Gasteiger partial charge >= 0.3 is 0 Å². The predicted octanol–water partition coefficient (Wildman–Crippen LogP) is 1.94. The number of rotatable bonds is 6. The van der Waals surface area contributed by atoms with Crippen molar-refractivity contribution in [3.8, 4) is 5.75 Å². The Morgan fingerprint density at radius 1 is 1.43 bits per heavy atom. The van der Waals surface area contributed by atoms with Crippen molar-refractivity contribution in [1.82, 2.24) is 9.29 Å². The van der Waals surface area contributed by atoms with E-state index in [0.29, 0.717) is 23.7 Å². The van der Waals surface area contributed by atoms with Crippen molar-refractivity contribution in [2.75, 3.05) is 19.4 Å². The molecular formula is C13H17N3O3S2. The molecule has 0 unspecified atom stereocenters. The molecule has 0 aliphatic heterocycles. The third-order valence-electron chi connectivity index (χ3n) is 2.82. The van der Waals surface area contributed by atoms with Crippen LogP contribution in [0, 0.1) is 0 Å². The van der Waals surface area contributed by atoms with Gasteiger partial charge in [-0.25, -0.2) is 13.4 Å². The third kappa shape index (κ3) is 3.52. The van der Waals surface area contributed by atoms with Crippen LogP contribution in [0.15, 0.2) is 34.0 Å². The van der Waals surface area contributed by atoms with E-state index in [1.807, 2.05) is 5.38 Å². The Kier molecular flexibility index (Phi) is 4.81. The quantitative estimate of drug-likeness (QED) is 0.820. The fourth-order valence-corrected chi connectivity index (χ4v) is 3.65. The molecule has 1 aromatic carbocycles. The predicted molar refractivity (Wildman–Crippen MR) is 82.8 cm³/mol. The smallest absolute Gasteiger partial charge is 0.246 e. The molecule has 1 heterocycles. The largest absolute Gasteiger partial charge is 0.492 e. The molecular weight excluding hydrogens is 310 g/mol. The summed E-state index contributed by atoms with van der Waals surface area (Å²) in [6.07, 6.45) is 0. The molecule has 0 aliphatic carbocycles. The van der Waals surface area contributed by atoms with E-state index < -0.39 is 10.0 Å². The van der Waals surface area contributed by atoms with Gasteiger partial charge in [0, 0.05) is 18.1 Å². The Labute approximate surface area is 128 Å². The molecule has 0 saturated carbocycles. The van der Waals surface area contributed by atoms with Gasteiger partial charge in [0.15, 0.2) is 0 Å². The van der Waals surface area contributed by atoms with Crippen molar-refractivity contribution in [2.24, 2.45) is 0 Å². The minimum absolute atomic E-state index is 0.0714. The summed E-state index contributed by atoms with van der Waals surface area (Å²) in [5, 5.41) is 1.81. The van der Waals surface area contributed by atoms with Crippen LogP contribution in [0.3, 0.4) is 0 Å². The van der Waals surface area contributed by atoms with Crippen LogP contribution in [-0.4, -0.2) is 31.4 Å². The number of sulfonamides is 1. The van der Waals surface area contributed by atoms with E-state index in [2.05, 4.69) is 4.98 Å². The lowest BCUT2D eigenvalue weighted by Gasteiger charge is -2.18. The zero-order valence-corrected chi connectivity index (χ0v) is 13.4. The van der Waals surface area contributed by atoms with Crippen molar-refractivity contribution >= 4 is 27.0 Å². The van der Waals surface area contributed by atoms with Crippen LogP contribution in [-0.2, 0) is 16.6 Å². The van der Waals surface area contributed by atoms with Crippen molar-refractivity contribution in [1.29, 1.82) is 0 Å². The first-order valence-electron chi connectivity index (χ1n) is 6.31. The van der Waals surface area contributed by atoms with Gasteiger partial charge in [0.2, 0.25) is 10.0 Å². The Balaban J connectivity index is 2.36. The first-order chi connectivity index (χ1) is 9.95. The van der Waals surface area contributed by atoms with Crippen LogP contribution in [0.1, 0.15) is 12.6 Å². The van der Waals surface area contributed by atoms with Crippen LogP contribution in [0.25, 0.3) is 0 Å². The van der Waals surface area contributed by atoms with Crippen molar-refractivity contribution in [3.05, 3.63) is 34.8 Å². The second kappa shape index (κ2) is 6.42. The SMILES string of the molecule is CCOc1ccc(N)cc1S(=O)(=O)N(C)Cc1cscn1. The van der Waals surface area contributed by atoms with E-state index in [9.17, 15) is 8.42 Å². The van der Waals surface area contributed by atoms with Crippen molar-refractivity contribution in [3.63, 3.8) is 0 Å². The third-order valence-corrected chi connectivity index (χ3v) is 5.28. The fraction of sp³-hybridized carbons (Fsp3) is 0.308. The number of anilines is 1. The summed E-state index contributed by atoms with van der Waals surface area (Å²) >= 11 is 1.42. The van der Waals surface area contributed by atoms with E-state index >= 15 is 0 Å². The summed E-state index contributed by atoms with van der Waals surface area (Å²) in [6.45, 7) is 2.38. The second-order valence-corrected chi connectivity index (χ2v) is 7.11. The van der Waals surface area contributed by atoms with E-state index in [1.54, 1.807) is 24.6 Å². The minimum atomic E-state index is -3.70. The van der Waals surface area contributed by atoms with E-state index in [0.717, 1.165) is 0 Å². The molecule has 2 N–H and O–H groups in total. The highest BCUT2D eigenvalue weighted by Crippen LogP contribution is 2.29. The van der Waals surface area contributed by atoms with Crippen molar-refractivity contribution in [2.45, 2.75) is 18.4 Å². The molecule has 6 nitrogen and oxygen atoms in total. The van der Waals surface area contributed by atoms with Gasteiger partial charge in [-0.3, -0.25) is 0 Å². The molecule has 0 amide bonds. The molecule has 0 radical (unpaired) electrons. The van der Waals surface area contributed by atoms with Gasteiger partial charge < -0.3 is 10.5 Å². The molecule has 0 bridgehead atoms. The normalized spacial score (nSPS) is 11.8. The summed E-state index contributed by atoms with van der Waals surface area (Å²) in [7, 11) is -2.19. The summed E-state index contributed by atoms with van der Waals surface area (Å²) in [4.78, 5) is 4.17. The summed E-state index contributed by atoms with van der Waals surface area (Å²) in [6, 6.07) is 4.60. The minimum Gasteiger partial charge on any atom is -0.492 e. The number of nitrogen functional groups attached to an aromatic ring is 1. The highest BCUT2D eigenvalue weighted by Gasteiger charge is 2.25. The summed E-state index contributed by atoms with van der Waals surface area (Å²) in [5.74, 6) is 0.303. The number of benzene rings is 1. The van der Waals surface area contributed by atoms with E-state index in [4.69, 9.17) is 10.5 Å². The molecule has 2 aromatic rings.